The molecule has 0 saturated heterocycles. The van der Waals surface area contributed by atoms with Crippen molar-refractivity contribution in [2.24, 2.45) is 11.8 Å². The number of Topliss-reactive ketones (excluding diaryl/α,β-unsaturated/α-hetero) is 1. The summed E-state index contributed by atoms with van der Waals surface area (Å²) in [5, 5.41) is 0. The summed E-state index contributed by atoms with van der Waals surface area (Å²) in [6.07, 6.45) is 8.89. The number of allylic oxidation sites excluding steroid dienone is 1. The Morgan fingerprint density at radius 3 is 2.75 bits per heavy atom. The summed E-state index contributed by atoms with van der Waals surface area (Å²) in [5.74, 6) is 0.975. The summed E-state index contributed by atoms with van der Waals surface area (Å²) in [6.45, 7) is 2.21. The zero-order valence-corrected chi connectivity index (χ0v) is 10.4. The summed E-state index contributed by atoms with van der Waals surface area (Å²) < 4.78 is 5.58. The second-order valence-corrected chi connectivity index (χ2v) is 5.19. The van der Waals surface area contributed by atoms with Gasteiger partial charge in [0, 0.05) is 13.5 Å². The highest BCUT2D eigenvalue weighted by molar-refractivity contribution is 5.85. The van der Waals surface area contributed by atoms with Gasteiger partial charge in [0.1, 0.15) is 5.78 Å². The molecule has 0 aromatic carbocycles. The number of hydrogen-bond acceptors (Lipinski definition) is 2. The molecule has 2 aliphatic carbocycles. The van der Waals surface area contributed by atoms with Gasteiger partial charge in [-0.25, -0.2) is 0 Å². The Hall–Kier alpha value is -0.630. The average Bonchev–Trinajstić information content (AvgIpc) is 2.33. The first-order valence-corrected chi connectivity index (χ1v) is 6.48. The minimum atomic E-state index is 0.0639. The fraction of sp³-hybridized carbons (Fsp3) is 0.786. The molecule has 2 nitrogen and oxygen atoms in total. The van der Waals surface area contributed by atoms with Crippen LogP contribution in [0, 0.1) is 11.8 Å². The summed E-state index contributed by atoms with van der Waals surface area (Å²) in [5.41, 5.74) is 1.36. The first kappa shape index (κ1) is 11.8. The van der Waals surface area contributed by atoms with Gasteiger partial charge < -0.3 is 4.74 Å². The van der Waals surface area contributed by atoms with E-state index in [2.05, 4.69) is 13.0 Å². The second-order valence-electron chi connectivity index (χ2n) is 5.19. The quantitative estimate of drug-likeness (QED) is 0.671. The number of rotatable bonds is 2. The van der Waals surface area contributed by atoms with Crippen LogP contribution in [0.1, 0.15) is 45.4 Å². The van der Waals surface area contributed by atoms with Crippen LogP contribution in [0.5, 0.6) is 0 Å². The molecular formula is C14H22O2. The van der Waals surface area contributed by atoms with Gasteiger partial charge in [-0.05, 0) is 38.0 Å². The number of ether oxygens (including phenoxy) is 1. The Labute approximate surface area is 98.1 Å². The van der Waals surface area contributed by atoms with E-state index in [1.54, 1.807) is 7.11 Å². The third-order valence-electron chi connectivity index (χ3n) is 4.08. The molecule has 2 aliphatic rings. The number of carbonyl (C=O) groups is 1. The van der Waals surface area contributed by atoms with Gasteiger partial charge in [0.2, 0.25) is 0 Å². The molecular weight excluding hydrogens is 200 g/mol. The van der Waals surface area contributed by atoms with E-state index in [4.69, 9.17) is 4.74 Å². The number of ketones is 1. The van der Waals surface area contributed by atoms with Crippen molar-refractivity contribution in [1.82, 2.24) is 0 Å². The van der Waals surface area contributed by atoms with Crippen molar-refractivity contribution in [3.8, 4) is 0 Å². The number of hydrogen-bond donors (Lipinski definition) is 0. The fourth-order valence-electron chi connectivity index (χ4n) is 3.13. The van der Waals surface area contributed by atoms with Crippen molar-refractivity contribution in [2.75, 3.05) is 7.11 Å². The maximum atomic E-state index is 12.1. The Morgan fingerprint density at radius 1 is 1.31 bits per heavy atom. The smallest absolute Gasteiger partial charge is 0.142 e. The van der Waals surface area contributed by atoms with Gasteiger partial charge in [-0.3, -0.25) is 4.79 Å². The third kappa shape index (κ3) is 2.22. The summed E-state index contributed by atoms with van der Waals surface area (Å²) in [6, 6.07) is 0. The fourth-order valence-corrected chi connectivity index (χ4v) is 3.13. The van der Waals surface area contributed by atoms with Crippen LogP contribution in [-0.2, 0) is 9.53 Å². The lowest BCUT2D eigenvalue weighted by Gasteiger charge is -2.36. The van der Waals surface area contributed by atoms with E-state index >= 15 is 0 Å². The molecule has 1 fully saturated rings. The Bertz CT molecular complexity index is 293. The zero-order chi connectivity index (χ0) is 11.5. The monoisotopic (exact) mass is 222 g/mol. The van der Waals surface area contributed by atoms with Gasteiger partial charge in [-0.2, -0.15) is 0 Å². The average molecular weight is 222 g/mol. The van der Waals surface area contributed by atoms with E-state index in [1.807, 2.05) is 0 Å². The van der Waals surface area contributed by atoms with Crippen molar-refractivity contribution in [3.05, 3.63) is 11.6 Å². The molecule has 2 rings (SSSR count). The standard InChI is InChI=1S/C14H22O2/c1-10-8-9-12(15)13(14(10)16-2)11-6-4-3-5-7-11/h6,10,13-14H,3-5,7-9H2,1-2H3. The molecule has 90 valence electrons. The van der Waals surface area contributed by atoms with Crippen LogP contribution in [0.2, 0.25) is 0 Å². The molecule has 3 unspecified atom stereocenters. The van der Waals surface area contributed by atoms with Gasteiger partial charge in [-0.15, -0.1) is 0 Å². The van der Waals surface area contributed by atoms with E-state index in [1.165, 1.54) is 18.4 Å². The van der Waals surface area contributed by atoms with Crippen LogP contribution >= 0.6 is 0 Å². The highest BCUT2D eigenvalue weighted by Gasteiger charge is 2.38. The van der Waals surface area contributed by atoms with Crippen molar-refractivity contribution in [1.29, 1.82) is 0 Å². The number of carbonyl (C=O) groups excluding carboxylic acids is 1. The van der Waals surface area contributed by atoms with Gasteiger partial charge in [0.25, 0.3) is 0 Å². The Kier molecular flexibility index (Phi) is 3.80. The van der Waals surface area contributed by atoms with Crippen LogP contribution in [0.4, 0.5) is 0 Å². The van der Waals surface area contributed by atoms with E-state index in [0.29, 0.717) is 11.7 Å². The van der Waals surface area contributed by atoms with E-state index in [9.17, 15) is 4.79 Å². The maximum absolute atomic E-state index is 12.1. The Balaban J connectivity index is 2.19. The van der Waals surface area contributed by atoms with E-state index in [-0.39, 0.29) is 12.0 Å². The molecule has 0 N–H and O–H groups in total. The minimum Gasteiger partial charge on any atom is -0.380 e. The zero-order valence-electron chi connectivity index (χ0n) is 10.4. The van der Waals surface area contributed by atoms with Gasteiger partial charge in [0.15, 0.2) is 0 Å². The lowest BCUT2D eigenvalue weighted by molar-refractivity contribution is -0.131. The highest BCUT2D eigenvalue weighted by Crippen LogP contribution is 2.36. The molecule has 0 heterocycles. The molecule has 0 aromatic rings. The Morgan fingerprint density at radius 2 is 2.12 bits per heavy atom. The van der Waals surface area contributed by atoms with Crippen molar-refractivity contribution >= 4 is 5.78 Å². The molecule has 0 aromatic heterocycles. The van der Waals surface area contributed by atoms with Crippen LogP contribution in [0.3, 0.4) is 0 Å². The van der Waals surface area contributed by atoms with E-state index in [0.717, 1.165) is 25.7 Å². The third-order valence-corrected chi connectivity index (χ3v) is 4.08. The van der Waals surface area contributed by atoms with Gasteiger partial charge >= 0.3 is 0 Å². The van der Waals surface area contributed by atoms with Crippen molar-refractivity contribution in [2.45, 2.75) is 51.6 Å². The predicted molar refractivity (Wildman–Crippen MR) is 64.2 cm³/mol. The van der Waals surface area contributed by atoms with Crippen LogP contribution in [-0.4, -0.2) is 19.0 Å². The second kappa shape index (κ2) is 5.13. The largest absolute Gasteiger partial charge is 0.380 e. The summed E-state index contributed by atoms with van der Waals surface area (Å²) in [4.78, 5) is 12.1. The lowest BCUT2D eigenvalue weighted by atomic mass is 9.73. The van der Waals surface area contributed by atoms with Gasteiger partial charge in [-0.1, -0.05) is 18.6 Å². The van der Waals surface area contributed by atoms with Crippen LogP contribution in [0.25, 0.3) is 0 Å². The van der Waals surface area contributed by atoms with Crippen LogP contribution in [0.15, 0.2) is 11.6 Å². The molecule has 3 atom stereocenters. The highest BCUT2D eigenvalue weighted by atomic mass is 16.5. The van der Waals surface area contributed by atoms with Crippen molar-refractivity contribution < 1.29 is 9.53 Å². The molecule has 0 bridgehead atoms. The minimum absolute atomic E-state index is 0.0639. The molecule has 0 amide bonds. The number of methoxy groups -OCH3 is 1. The topological polar surface area (TPSA) is 26.3 Å². The first-order valence-electron chi connectivity index (χ1n) is 6.48. The maximum Gasteiger partial charge on any atom is 0.142 e. The molecule has 0 spiro atoms. The normalized spacial score (nSPS) is 36.0. The summed E-state index contributed by atoms with van der Waals surface area (Å²) >= 11 is 0. The lowest BCUT2D eigenvalue weighted by Crippen LogP contribution is -2.41. The molecule has 0 radical (unpaired) electrons. The SMILES string of the molecule is COC1C(C)CCC(=O)C1C1=CCCCC1. The van der Waals surface area contributed by atoms with Gasteiger partial charge in [0.05, 0.1) is 12.0 Å². The van der Waals surface area contributed by atoms with Crippen molar-refractivity contribution in [3.63, 3.8) is 0 Å². The first-order chi connectivity index (χ1) is 7.74. The predicted octanol–water partition coefficient (Wildman–Crippen LogP) is 3.12. The van der Waals surface area contributed by atoms with E-state index < -0.39 is 0 Å². The van der Waals surface area contributed by atoms with Crippen LogP contribution < -0.4 is 0 Å². The molecule has 0 aliphatic heterocycles. The molecule has 2 heteroatoms. The molecule has 16 heavy (non-hydrogen) atoms. The molecule has 1 saturated carbocycles. The summed E-state index contributed by atoms with van der Waals surface area (Å²) in [7, 11) is 1.75.